The maximum Gasteiger partial charge on any atom is 0.176 e. The lowest BCUT2D eigenvalue weighted by molar-refractivity contribution is 0.0363. The van der Waals surface area contributed by atoms with Crippen molar-refractivity contribution in [3.63, 3.8) is 0 Å². The molecular formula is C12H18N2O2. The van der Waals surface area contributed by atoms with Crippen LogP contribution in [0.1, 0.15) is 17.4 Å². The lowest BCUT2D eigenvalue weighted by atomic mass is 10.3. The topological polar surface area (TPSA) is 34.5 Å². The molecule has 0 aliphatic carbocycles. The summed E-state index contributed by atoms with van der Waals surface area (Å²) in [4.78, 5) is 13.7. The first-order valence-corrected chi connectivity index (χ1v) is 5.73. The van der Waals surface area contributed by atoms with Gasteiger partial charge in [-0.1, -0.05) is 0 Å². The molecule has 2 heterocycles. The molecule has 0 spiro atoms. The van der Waals surface area contributed by atoms with Gasteiger partial charge in [-0.05, 0) is 12.1 Å². The van der Waals surface area contributed by atoms with E-state index in [4.69, 9.17) is 4.74 Å². The van der Waals surface area contributed by atoms with E-state index in [2.05, 4.69) is 4.90 Å². The van der Waals surface area contributed by atoms with Gasteiger partial charge in [-0.2, -0.15) is 0 Å². The van der Waals surface area contributed by atoms with Crippen LogP contribution >= 0.6 is 0 Å². The number of morpholine rings is 1. The van der Waals surface area contributed by atoms with E-state index in [0.717, 1.165) is 45.1 Å². The van der Waals surface area contributed by atoms with Crippen molar-refractivity contribution in [2.24, 2.45) is 0 Å². The minimum absolute atomic E-state index is 0.131. The molecule has 0 bridgehead atoms. The van der Waals surface area contributed by atoms with E-state index in [1.165, 1.54) is 0 Å². The van der Waals surface area contributed by atoms with Gasteiger partial charge in [0.05, 0.1) is 18.9 Å². The first kappa shape index (κ1) is 11.4. The Bertz CT molecular complexity index is 354. The van der Waals surface area contributed by atoms with Crippen LogP contribution in [0, 0.1) is 0 Å². The maximum atomic E-state index is 11.3. The van der Waals surface area contributed by atoms with E-state index in [1.807, 2.05) is 22.9 Å². The largest absolute Gasteiger partial charge is 0.379 e. The van der Waals surface area contributed by atoms with Crippen LogP contribution in [0.3, 0.4) is 0 Å². The third-order valence-electron chi connectivity index (χ3n) is 2.95. The SMILES string of the molecule is CC(=O)c1cccn1CCN1CCOCC1. The van der Waals surface area contributed by atoms with Gasteiger partial charge in [-0.25, -0.2) is 0 Å². The number of ether oxygens (including phenoxy) is 1. The van der Waals surface area contributed by atoms with Gasteiger partial charge in [-0.15, -0.1) is 0 Å². The Balaban J connectivity index is 1.88. The Morgan fingerprint density at radius 3 is 2.81 bits per heavy atom. The third-order valence-corrected chi connectivity index (χ3v) is 2.95. The Morgan fingerprint density at radius 2 is 2.12 bits per heavy atom. The molecule has 0 atom stereocenters. The summed E-state index contributed by atoms with van der Waals surface area (Å²) in [6.07, 6.45) is 1.97. The standard InChI is InChI=1S/C12H18N2O2/c1-11(15)12-3-2-4-14(12)6-5-13-7-9-16-10-8-13/h2-4H,5-10H2,1H3. The first-order valence-electron chi connectivity index (χ1n) is 5.73. The van der Waals surface area contributed by atoms with Crippen molar-refractivity contribution in [1.82, 2.24) is 9.47 Å². The van der Waals surface area contributed by atoms with Gasteiger partial charge in [0.2, 0.25) is 0 Å². The molecule has 0 unspecified atom stereocenters. The summed E-state index contributed by atoms with van der Waals surface area (Å²) in [6, 6.07) is 3.80. The molecule has 0 N–H and O–H groups in total. The number of carbonyl (C=O) groups excluding carboxylic acids is 1. The van der Waals surface area contributed by atoms with E-state index in [9.17, 15) is 4.79 Å². The van der Waals surface area contributed by atoms with E-state index in [0.29, 0.717) is 0 Å². The molecule has 4 nitrogen and oxygen atoms in total. The van der Waals surface area contributed by atoms with Crippen molar-refractivity contribution >= 4 is 5.78 Å². The molecule has 2 rings (SSSR count). The smallest absolute Gasteiger partial charge is 0.176 e. The highest BCUT2D eigenvalue weighted by Gasteiger charge is 2.11. The zero-order valence-electron chi connectivity index (χ0n) is 9.69. The number of hydrogen-bond acceptors (Lipinski definition) is 3. The van der Waals surface area contributed by atoms with Gasteiger partial charge in [0.15, 0.2) is 5.78 Å². The van der Waals surface area contributed by atoms with Gasteiger partial charge in [0.25, 0.3) is 0 Å². The molecule has 1 aromatic rings. The first-order chi connectivity index (χ1) is 7.77. The fourth-order valence-corrected chi connectivity index (χ4v) is 2.00. The second-order valence-electron chi connectivity index (χ2n) is 4.10. The van der Waals surface area contributed by atoms with E-state index in [-0.39, 0.29) is 5.78 Å². The zero-order valence-corrected chi connectivity index (χ0v) is 9.69. The summed E-state index contributed by atoms with van der Waals surface area (Å²) in [7, 11) is 0. The minimum atomic E-state index is 0.131. The van der Waals surface area contributed by atoms with Crippen molar-refractivity contribution in [2.45, 2.75) is 13.5 Å². The monoisotopic (exact) mass is 222 g/mol. The summed E-state index contributed by atoms with van der Waals surface area (Å²) < 4.78 is 7.32. The molecule has 1 aliphatic rings. The average molecular weight is 222 g/mol. The number of carbonyl (C=O) groups is 1. The Kier molecular flexibility index (Phi) is 3.74. The van der Waals surface area contributed by atoms with Crippen LogP contribution in [-0.2, 0) is 11.3 Å². The van der Waals surface area contributed by atoms with Crippen molar-refractivity contribution in [2.75, 3.05) is 32.8 Å². The quantitative estimate of drug-likeness (QED) is 0.713. The summed E-state index contributed by atoms with van der Waals surface area (Å²) >= 11 is 0. The van der Waals surface area contributed by atoms with E-state index in [1.54, 1.807) is 6.92 Å². The van der Waals surface area contributed by atoms with Crippen LogP contribution in [0.2, 0.25) is 0 Å². The van der Waals surface area contributed by atoms with Gasteiger partial charge in [-0.3, -0.25) is 9.69 Å². The Morgan fingerprint density at radius 1 is 1.38 bits per heavy atom. The summed E-state index contributed by atoms with van der Waals surface area (Å²) in [5.41, 5.74) is 0.799. The summed E-state index contributed by atoms with van der Waals surface area (Å²) in [6.45, 7) is 7.12. The molecule has 0 aromatic carbocycles. The van der Waals surface area contributed by atoms with Gasteiger partial charge in [0.1, 0.15) is 0 Å². The molecule has 16 heavy (non-hydrogen) atoms. The lowest BCUT2D eigenvalue weighted by Crippen LogP contribution is -2.38. The van der Waals surface area contributed by atoms with E-state index >= 15 is 0 Å². The number of ketones is 1. The number of nitrogens with zero attached hydrogens (tertiary/aromatic N) is 2. The molecule has 4 heteroatoms. The molecule has 0 amide bonds. The minimum Gasteiger partial charge on any atom is -0.379 e. The van der Waals surface area contributed by atoms with Crippen molar-refractivity contribution < 1.29 is 9.53 Å². The van der Waals surface area contributed by atoms with Gasteiger partial charge < -0.3 is 9.30 Å². The average Bonchev–Trinajstić information content (AvgIpc) is 2.76. The normalized spacial score (nSPS) is 17.6. The predicted octanol–water partition coefficient (Wildman–Crippen LogP) is 1.02. The number of hydrogen-bond donors (Lipinski definition) is 0. The molecule has 0 radical (unpaired) electrons. The molecule has 0 saturated carbocycles. The second kappa shape index (κ2) is 5.27. The Labute approximate surface area is 95.8 Å². The summed E-state index contributed by atoms with van der Waals surface area (Å²) in [5, 5.41) is 0. The predicted molar refractivity (Wildman–Crippen MR) is 61.7 cm³/mol. The van der Waals surface area contributed by atoms with Gasteiger partial charge in [0, 0.05) is 39.3 Å². The van der Waals surface area contributed by atoms with Crippen LogP contribution in [0.25, 0.3) is 0 Å². The van der Waals surface area contributed by atoms with Crippen LogP contribution in [0.15, 0.2) is 18.3 Å². The lowest BCUT2D eigenvalue weighted by Gasteiger charge is -2.26. The molecule has 88 valence electrons. The van der Waals surface area contributed by atoms with Crippen LogP contribution in [0.4, 0.5) is 0 Å². The fraction of sp³-hybridized carbons (Fsp3) is 0.583. The number of aromatic nitrogens is 1. The zero-order chi connectivity index (χ0) is 11.4. The molecule has 1 aliphatic heterocycles. The second-order valence-corrected chi connectivity index (χ2v) is 4.10. The number of rotatable bonds is 4. The van der Waals surface area contributed by atoms with E-state index < -0.39 is 0 Å². The third kappa shape index (κ3) is 2.71. The Hall–Kier alpha value is -1.13. The highest BCUT2D eigenvalue weighted by Crippen LogP contribution is 2.04. The molecule has 1 fully saturated rings. The highest BCUT2D eigenvalue weighted by atomic mass is 16.5. The van der Waals surface area contributed by atoms with Crippen molar-refractivity contribution in [3.8, 4) is 0 Å². The highest BCUT2D eigenvalue weighted by molar-refractivity contribution is 5.92. The summed E-state index contributed by atoms with van der Waals surface area (Å²) in [5.74, 6) is 0.131. The molecule has 1 saturated heterocycles. The van der Waals surface area contributed by atoms with Gasteiger partial charge >= 0.3 is 0 Å². The van der Waals surface area contributed by atoms with Crippen LogP contribution in [-0.4, -0.2) is 48.1 Å². The van der Waals surface area contributed by atoms with Crippen molar-refractivity contribution in [3.05, 3.63) is 24.0 Å². The fourth-order valence-electron chi connectivity index (χ4n) is 2.00. The molecular weight excluding hydrogens is 204 g/mol. The van der Waals surface area contributed by atoms with Crippen LogP contribution < -0.4 is 0 Å². The molecule has 1 aromatic heterocycles. The van der Waals surface area contributed by atoms with Crippen LogP contribution in [0.5, 0.6) is 0 Å². The van der Waals surface area contributed by atoms with Crippen molar-refractivity contribution in [1.29, 1.82) is 0 Å². The number of Topliss-reactive ketones (excluding diaryl/α,β-unsaturated/α-hetero) is 1. The maximum absolute atomic E-state index is 11.3.